The van der Waals surface area contributed by atoms with Gasteiger partial charge in [0.1, 0.15) is 0 Å². The van der Waals surface area contributed by atoms with Crippen LogP contribution < -0.4 is 18.1 Å². The van der Waals surface area contributed by atoms with E-state index < -0.39 is 0 Å². The van der Waals surface area contributed by atoms with Crippen molar-refractivity contribution in [2.24, 2.45) is 0 Å². The smallest absolute Gasteiger partial charge is 0.0739 e. The van der Waals surface area contributed by atoms with E-state index in [9.17, 15) is 0 Å². The van der Waals surface area contributed by atoms with Crippen LogP contribution in [-0.4, -0.2) is 6.54 Å². The first-order valence-corrected chi connectivity index (χ1v) is 13.2. The van der Waals surface area contributed by atoms with Crippen molar-refractivity contribution in [2.75, 3.05) is 6.54 Å². The van der Waals surface area contributed by atoms with Crippen molar-refractivity contribution >= 4 is 0 Å². The minimum absolute atomic E-state index is 0. The molecule has 0 bridgehead atoms. The lowest BCUT2D eigenvalue weighted by atomic mass is 10.0. The van der Waals surface area contributed by atoms with E-state index in [0.29, 0.717) is 0 Å². The molecule has 0 aliphatic heterocycles. The van der Waals surface area contributed by atoms with Gasteiger partial charge >= 0.3 is 0 Å². The first-order valence-electron chi connectivity index (χ1n) is 13.2. The zero-order valence-electron chi connectivity index (χ0n) is 20.4. The van der Waals surface area contributed by atoms with Crippen LogP contribution in [0.15, 0.2) is 11.6 Å². The summed E-state index contributed by atoms with van der Waals surface area (Å²) < 4.78 is 0. The average Bonchev–Trinajstić information content (AvgIpc) is 2.68. The molecule has 0 spiro atoms. The van der Waals surface area contributed by atoms with Crippen LogP contribution in [0.4, 0.5) is 0 Å². The summed E-state index contributed by atoms with van der Waals surface area (Å²) >= 11 is 0. The molecule has 0 atom stereocenters. The van der Waals surface area contributed by atoms with Gasteiger partial charge in [0.2, 0.25) is 0 Å². The Kier molecular flexibility index (Phi) is 30.1. The van der Waals surface area contributed by atoms with Crippen LogP contribution in [0.2, 0.25) is 0 Å². The third kappa shape index (κ3) is 30.3. The van der Waals surface area contributed by atoms with Gasteiger partial charge in [0.25, 0.3) is 0 Å². The van der Waals surface area contributed by atoms with Gasteiger partial charge in [0.15, 0.2) is 0 Å². The topological polar surface area (TPSA) is 27.6 Å². The molecular weight excluding hydrogens is 374 g/mol. The first kappa shape index (κ1) is 31.2. The summed E-state index contributed by atoms with van der Waals surface area (Å²) in [6, 6.07) is 0. The quantitative estimate of drug-likeness (QED) is 0.157. The van der Waals surface area contributed by atoms with E-state index in [4.69, 9.17) is 0 Å². The maximum Gasteiger partial charge on any atom is 0.0739 e. The van der Waals surface area contributed by atoms with Gasteiger partial charge in [-0.05, 0) is 39.5 Å². The van der Waals surface area contributed by atoms with Gasteiger partial charge in [-0.15, -0.1) is 0 Å². The lowest BCUT2D eigenvalue weighted by molar-refractivity contribution is -0.368. The monoisotopic (exact) mass is 429 g/mol. The van der Waals surface area contributed by atoms with Crippen LogP contribution in [0, 0.1) is 0 Å². The minimum Gasteiger partial charge on any atom is -1.00 e. The van der Waals surface area contributed by atoms with Crippen LogP contribution in [0.25, 0.3) is 0 Å². The molecule has 0 aliphatic carbocycles. The Balaban J connectivity index is 0. The van der Waals surface area contributed by atoms with Gasteiger partial charge in [0.05, 0.1) is 6.54 Å². The highest BCUT2D eigenvalue weighted by atomic mass is 35.5. The van der Waals surface area contributed by atoms with Gasteiger partial charge in [-0.3, -0.25) is 0 Å². The summed E-state index contributed by atoms with van der Waals surface area (Å²) in [5.74, 6) is 0. The predicted octanol–water partition coefficient (Wildman–Crippen LogP) is 5.78. The lowest BCUT2D eigenvalue weighted by Gasteiger charge is -2.04. The maximum atomic E-state index is 3.91. The van der Waals surface area contributed by atoms with E-state index >= 15 is 0 Å². The Morgan fingerprint density at radius 2 is 0.690 bits per heavy atom. The molecule has 0 rings (SSSR count). The summed E-state index contributed by atoms with van der Waals surface area (Å²) in [5.41, 5.74) is 5.39. The summed E-state index contributed by atoms with van der Waals surface area (Å²) in [5, 5.41) is 0. The molecule has 0 aromatic heterocycles. The number of quaternary nitrogens is 1. The second-order valence-corrected chi connectivity index (χ2v) is 9.35. The molecule has 0 heterocycles. The standard InChI is InChI=1S/C27H55N.ClH/c1-27(2)25-23-21-19-17-15-13-11-9-7-5-3-4-6-8-10-12-14-16-18-20-22-24-26-28;/h25H,3-24,26,28H2,1-2H3;1H. The van der Waals surface area contributed by atoms with E-state index in [1.807, 2.05) is 0 Å². The number of halogens is 1. The molecule has 29 heavy (non-hydrogen) atoms. The predicted molar refractivity (Wildman–Crippen MR) is 129 cm³/mol. The van der Waals surface area contributed by atoms with Gasteiger partial charge < -0.3 is 18.1 Å². The fraction of sp³-hybridized carbons (Fsp3) is 0.926. The SMILES string of the molecule is CC(C)=CCCCCCCCCCCCCCCCCCCCCCCC[NH3+].[Cl-]. The molecule has 3 N–H and O–H groups in total. The Morgan fingerprint density at radius 3 is 0.931 bits per heavy atom. The van der Waals surface area contributed by atoms with Gasteiger partial charge in [-0.25, -0.2) is 0 Å². The van der Waals surface area contributed by atoms with Crippen LogP contribution >= 0.6 is 0 Å². The van der Waals surface area contributed by atoms with Gasteiger partial charge in [-0.1, -0.05) is 127 Å². The van der Waals surface area contributed by atoms with E-state index in [1.54, 1.807) is 0 Å². The van der Waals surface area contributed by atoms with Crippen LogP contribution in [0.5, 0.6) is 0 Å². The number of unbranched alkanes of at least 4 members (excludes halogenated alkanes) is 21. The molecule has 0 amide bonds. The van der Waals surface area contributed by atoms with Crippen molar-refractivity contribution in [2.45, 2.75) is 155 Å². The van der Waals surface area contributed by atoms with Crippen molar-refractivity contribution < 1.29 is 18.1 Å². The van der Waals surface area contributed by atoms with Crippen LogP contribution in [0.3, 0.4) is 0 Å². The maximum absolute atomic E-state index is 3.91. The lowest BCUT2D eigenvalue weighted by Crippen LogP contribution is -3.00. The highest BCUT2D eigenvalue weighted by Crippen LogP contribution is 2.15. The van der Waals surface area contributed by atoms with Crippen molar-refractivity contribution in [1.29, 1.82) is 0 Å². The Labute approximate surface area is 191 Å². The molecule has 2 heteroatoms. The third-order valence-corrected chi connectivity index (χ3v) is 6.01. The summed E-state index contributed by atoms with van der Waals surface area (Å²) in [4.78, 5) is 0. The van der Waals surface area contributed by atoms with Crippen molar-refractivity contribution in [3.63, 3.8) is 0 Å². The largest absolute Gasteiger partial charge is 1.00 e. The van der Waals surface area contributed by atoms with E-state index in [-0.39, 0.29) is 12.4 Å². The Bertz CT molecular complexity index is 310. The van der Waals surface area contributed by atoms with E-state index in [0.717, 1.165) is 6.54 Å². The van der Waals surface area contributed by atoms with Gasteiger partial charge in [-0.2, -0.15) is 0 Å². The number of allylic oxidation sites excluding steroid dienone is 2. The van der Waals surface area contributed by atoms with Crippen molar-refractivity contribution in [3.05, 3.63) is 11.6 Å². The molecule has 0 aromatic rings. The highest BCUT2D eigenvalue weighted by molar-refractivity contribution is 4.92. The molecule has 0 saturated heterocycles. The fourth-order valence-corrected chi connectivity index (χ4v) is 4.07. The molecule has 0 radical (unpaired) electrons. The van der Waals surface area contributed by atoms with Crippen molar-refractivity contribution in [3.8, 4) is 0 Å². The zero-order valence-corrected chi connectivity index (χ0v) is 21.2. The first-order chi connectivity index (χ1) is 13.8. The summed E-state index contributed by atoms with van der Waals surface area (Å²) in [7, 11) is 0. The molecule has 0 unspecified atom stereocenters. The molecule has 0 aliphatic rings. The van der Waals surface area contributed by atoms with Crippen LogP contribution in [0.1, 0.15) is 155 Å². The molecule has 176 valence electrons. The van der Waals surface area contributed by atoms with Crippen molar-refractivity contribution in [1.82, 2.24) is 0 Å². The minimum atomic E-state index is 0. The normalized spacial score (nSPS) is 10.7. The molecule has 0 aromatic carbocycles. The number of rotatable bonds is 23. The molecular formula is C27H56ClN. The highest BCUT2D eigenvalue weighted by Gasteiger charge is 1.95. The third-order valence-electron chi connectivity index (χ3n) is 6.01. The average molecular weight is 430 g/mol. The molecule has 0 saturated carbocycles. The second-order valence-electron chi connectivity index (χ2n) is 9.35. The van der Waals surface area contributed by atoms with E-state index in [1.165, 1.54) is 147 Å². The van der Waals surface area contributed by atoms with Gasteiger partial charge in [0, 0.05) is 0 Å². The number of hydrogen-bond donors (Lipinski definition) is 1. The fourth-order valence-electron chi connectivity index (χ4n) is 4.07. The second kappa shape index (κ2) is 28.0. The van der Waals surface area contributed by atoms with E-state index in [2.05, 4.69) is 25.7 Å². The molecule has 1 nitrogen and oxygen atoms in total. The Hall–Kier alpha value is -0.0100. The number of hydrogen-bond acceptors (Lipinski definition) is 0. The summed E-state index contributed by atoms with van der Waals surface area (Å²) in [6.07, 6.45) is 34.2. The van der Waals surface area contributed by atoms with Crippen LogP contribution in [-0.2, 0) is 0 Å². The summed E-state index contributed by atoms with van der Waals surface area (Å²) in [6.45, 7) is 5.53. The Morgan fingerprint density at radius 1 is 0.448 bits per heavy atom. The zero-order chi connectivity index (χ0) is 20.5. The molecule has 0 fully saturated rings.